The highest BCUT2D eigenvalue weighted by Gasteiger charge is 2.29. The highest BCUT2D eigenvalue weighted by Crippen LogP contribution is 2.25. The molecule has 0 bridgehead atoms. The Morgan fingerprint density at radius 3 is 2.90 bits per heavy atom. The third kappa shape index (κ3) is 2.19. The van der Waals surface area contributed by atoms with Crippen molar-refractivity contribution in [3.8, 4) is 0 Å². The molecule has 1 N–H and O–H groups in total. The molecule has 0 aliphatic carbocycles. The largest absolute Gasteiger partial charge is 0.364 e. The zero-order valence-corrected chi connectivity index (χ0v) is 12.5. The van der Waals surface area contributed by atoms with Crippen LogP contribution in [0.15, 0.2) is 12.4 Å². The average molecular weight is 302 g/mol. The zero-order chi connectivity index (χ0) is 14.4. The lowest BCUT2D eigenvalue weighted by Gasteiger charge is -2.39. The van der Waals surface area contributed by atoms with E-state index in [2.05, 4.69) is 35.5 Å². The molecular formula is C12H14N8S. The first-order chi connectivity index (χ1) is 10.2. The van der Waals surface area contributed by atoms with E-state index in [4.69, 9.17) is 0 Å². The Balaban J connectivity index is 1.49. The summed E-state index contributed by atoms with van der Waals surface area (Å²) in [7, 11) is 0. The van der Waals surface area contributed by atoms with E-state index in [1.807, 2.05) is 19.9 Å². The molecule has 1 saturated heterocycles. The summed E-state index contributed by atoms with van der Waals surface area (Å²) in [6, 6.07) is 2.35. The predicted octanol–water partition coefficient (Wildman–Crippen LogP) is 0.893. The Hall–Kier alpha value is -2.29. The van der Waals surface area contributed by atoms with E-state index in [0.717, 1.165) is 34.7 Å². The van der Waals surface area contributed by atoms with E-state index in [-0.39, 0.29) is 0 Å². The van der Waals surface area contributed by atoms with Crippen LogP contribution in [0.1, 0.15) is 10.7 Å². The first-order valence-corrected chi connectivity index (χ1v) is 7.49. The maximum atomic E-state index is 4.34. The van der Waals surface area contributed by atoms with E-state index in [0.29, 0.717) is 11.8 Å². The van der Waals surface area contributed by atoms with Crippen molar-refractivity contribution in [1.82, 2.24) is 29.8 Å². The summed E-state index contributed by atoms with van der Waals surface area (Å²) in [5.74, 6) is 1.54. The van der Waals surface area contributed by atoms with Crippen LogP contribution in [0, 0.1) is 13.8 Å². The lowest BCUT2D eigenvalue weighted by atomic mass is 10.1. The minimum Gasteiger partial charge on any atom is -0.364 e. The summed E-state index contributed by atoms with van der Waals surface area (Å²) in [6.07, 6.45) is 1.52. The second-order valence-corrected chi connectivity index (χ2v) is 6.26. The summed E-state index contributed by atoms with van der Waals surface area (Å²) >= 11 is 1.62. The van der Waals surface area contributed by atoms with Crippen molar-refractivity contribution >= 4 is 28.1 Å². The molecule has 1 aliphatic rings. The molecule has 1 fully saturated rings. The molecular weight excluding hydrogens is 288 g/mol. The smallest absolute Gasteiger partial charge is 0.254 e. The third-order valence-electron chi connectivity index (χ3n) is 3.40. The Labute approximate surface area is 124 Å². The maximum absolute atomic E-state index is 4.34. The van der Waals surface area contributed by atoms with Gasteiger partial charge in [-0.05, 0) is 13.8 Å². The lowest BCUT2D eigenvalue weighted by Crippen LogP contribution is -2.55. The number of fused-ring (bicyclic) bond motifs is 1. The summed E-state index contributed by atoms with van der Waals surface area (Å²) in [6.45, 7) is 5.74. The SMILES string of the molecule is Cc1cc(NC2CN(c3nnc(C)s3)C2)n2ncnc2n1. The van der Waals surface area contributed by atoms with E-state index >= 15 is 0 Å². The van der Waals surface area contributed by atoms with Crippen molar-refractivity contribution in [2.75, 3.05) is 23.3 Å². The number of anilines is 2. The number of aryl methyl sites for hydroxylation is 2. The first kappa shape index (κ1) is 12.5. The molecule has 0 atom stereocenters. The van der Waals surface area contributed by atoms with Gasteiger partial charge in [0.25, 0.3) is 5.78 Å². The van der Waals surface area contributed by atoms with Gasteiger partial charge in [0.2, 0.25) is 5.13 Å². The average Bonchev–Trinajstić information content (AvgIpc) is 3.01. The van der Waals surface area contributed by atoms with Crippen molar-refractivity contribution in [2.24, 2.45) is 0 Å². The second kappa shape index (κ2) is 4.62. The fourth-order valence-corrected chi connectivity index (χ4v) is 3.09. The zero-order valence-electron chi connectivity index (χ0n) is 11.7. The van der Waals surface area contributed by atoms with E-state index in [1.165, 1.54) is 6.33 Å². The minimum atomic E-state index is 0.364. The summed E-state index contributed by atoms with van der Waals surface area (Å²) in [4.78, 5) is 10.7. The molecule has 0 spiro atoms. The van der Waals surface area contributed by atoms with E-state index < -0.39 is 0 Å². The summed E-state index contributed by atoms with van der Waals surface area (Å²) in [5.41, 5.74) is 0.925. The van der Waals surface area contributed by atoms with Gasteiger partial charge in [0.05, 0.1) is 6.04 Å². The normalized spacial score (nSPS) is 15.4. The van der Waals surface area contributed by atoms with Crippen LogP contribution >= 0.6 is 11.3 Å². The highest BCUT2D eigenvalue weighted by molar-refractivity contribution is 7.15. The fourth-order valence-electron chi connectivity index (χ4n) is 2.38. The topological polar surface area (TPSA) is 84.1 Å². The van der Waals surface area contributed by atoms with Crippen molar-refractivity contribution < 1.29 is 0 Å². The predicted molar refractivity (Wildman–Crippen MR) is 79.8 cm³/mol. The van der Waals surface area contributed by atoms with Crippen LogP contribution < -0.4 is 10.2 Å². The first-order valence-electron chi connectivity index (χ1n) is 6.68. The molecule has 3 aromatic heterocycles. The Morgan fingerprint density at radius 2 is 2.14 bits per heavy atom. The van der Waals surface area contributed by atoms with Crippen LogP contribution in [0.25, 0.3) is 5.78 Å². The van der Waals surface area contributed by atoms with E-state index in [1.54, 1.807) is 15.9 Å². The quantitative estimate of drug-likeness (QED) is 0.769. The molecule has 0 radical (unpaired) electrons. The minimum absolute atomic E-state index is 0.364. The molecule has 3 aromatic rings. The lowest BCUT2D eigenvalue weighted by molar-refractivity contribution is 0.544. The van der Waals surface area contributed by atoms with Crippen molar-refractivity contribution in [2.45, 2.75) is 19.9 Å². The number of aromatic nitrogens is 6. The van der Waals surface area contributed by atoms with Gasteiger partial charge in [0.1, 0.15) is 17.2 Å². The maximum Gasteiger partial charge on any atom is 0.254 e. The molecule has 0 aromatic carbocycles. The number of nitrogens with zero attached hydrogens (tertiary/aromatic N) is 7. The standard InChI is InChI=1S/C12H14N8S/c1-7-3-10(20-11(15-7)13-6-14-20)16-9-4-19(5-9)12-18-17-8(2)21-12/h3,6,9,16H,4-5H2,1-2H3. The fraction of sp³-hybridized carbons (Fsp3) is 0.417. The molecule has 21 heavy (non-hydrogen) atoms. The molecule has 8 nitrogen and oxygen atoms in total. The van der Waals surface area contributed by atoms with Crippen molar-refractivity contribution in [3.05, 3.63) is 23.1 Å². The Kier molecular flexibility index (Phi) is 2.74. The van der Waals surface area contributed by atoms with Crippen LogP contribution in [-0.2, 0) is 0 Å². The summed E-state index contributed by atoms with van der Waals surface area (Å²) in [5, 5.41) is 17.9. The van der Waals surface area contributed by atoms with Gasteiger partial charge in [-0.25, -0.2) is 4.98 Å². The Morgan fingerprint density at radius 1 is 1.29 bits per heavy atom. The molecule has 0 saturated carbocycles. The molecule has 4 heterocycles. The van der Waals surface area contributed by atoms with Gasteiger partial charge in [0.15, 0.2) is 0 Å². The molecule has 0 unspecified atom stereocenters. The van der Waals surface area contributed by atoms with Crippen molar-refractivity contribution in [1.29, 1.82) is 0 Å². The number of hydrogen-bond acceptors (Lipinski definition) is 8. The Bertz CT molecular complexity index is 788. The molecule has 1 aliphatic heterocycles. The van der Waals surface area contributed by atoms with Crippen LogP contribution in [0.2, 0.25) is 0 Å². The van der Waals surface area contributed by atoms with Gasteiger partial charge in [-0.1, -0.05) is 11.3 Å². The van der Waals surface area contributed by atoms with Crippen LogP contribution in [-0.4, -0.2) is 48.9 Å². The molecule has 4 rings (SSSR count). The number of rotatable bonds is 3. The second-order valence-electron chi connectivity index (χ2n) is 5.10. The summed E-state index contributed by atoms with van der Waals surface area (Å²) < 4.78 is 1.73. The van der Waals surface area contributed by atoms with Gasteiger partial charge in [-0.15, -0.1) is 10.2 Å². The molecule has 9 heteroatoms. The van der Waals surface area contributed by atoms with Gasteiger partial charge in [-0.3, -0.25) is 0 Å². The monoisotopic (exact) mass is 302 g/mol. The van der Waals surface area contributed by atoms with E-state index in [9.17, 15) is 0 Å². The van der Waals surface area contributed by atoms with Gasteiger partial charge in [0, 0.05) is 24.8 Å². The van der Waals surface area contributed by atoms with Gasteiger partial charge < -0.3 is 10.2 Å². The molecule has 108 valence electrons. The third-order valence-corrected chi connectivity index (χ3v) is 4.30. The highest BCUT2D eigenvalue weighted by atomic mass is 32.1. The van der Waals surface area contributed by atoms with Crippen molar-refractivity contribution in [3.63, 3.8) is 0 Å². The molecule has 0 amide bonds. The number of nitrogens with one attached hydrogen (secondary N) is 1. The van der Waals surface area contributed by atoms with Gasteiger partial charge >= 0.3 is 0 Å². The van der Waals surface area contributed by atoms with Gasteiger partial charge in [-0.2, -0.15) is 14.6 Å². The van der Waals surface area contributed by atoms with Crippen LogP contribution in [0.5, 0.6) is 0 Å². The van der Waals surface area contributed by atoms with Crippen LogP contribution in [0.3, 0.4) is 0 Å². The van der Waals surface area contributed by atoms with Crippen LogP contribution in [0.4, 0.5) is 10.9 Å². The number of hydrogen-bond donors (Lipinski definition) is 1.